The second-order valence-electron chi connectivity index (χ2n) is 12.0. The molecule has 7 rings (SSSR count). The molecule has 2 heterocycles. The van der Waals surface area contributed by atoms with E-state index in [1.807, 2.05) is 97.3 Å². The van der Waals surface area contributed by atoms with Gasteiger partial charge in [-0.2, -0.15) is 0 Å². The molecule has 6 aromatic rings. The zero-order valence-corrected chi connectivity index (χ0v) is 26.5. The number of nitrogens with one attached hydrogen (secondary N) is 2. The number of rotatable bonds is 10. The Kier molecular flexibility index (Phi) is 9.56. The van der Waals surface area contributed by atoms with Gasteiger partial charge in [0.15, 0.2) is 6.29 Å². The summed E-state index contributed by atoms with van der Waals surface area (Å²) in [6.45, 7) is 1.51. The summed E-state index contributed by atoms with van der Waals surface area (Å²) in [7, 11) is 0. The zero-order chi connectivity index (χ0) is 32.7. The van der Waals surface area contributed by atoms with Crippen LogP contribution in [0.4, 0.5) is 4.79 Å². The Balaban J connectivity index is 1.07. The second kappa shape index (κ2) is 14.6. The van der Waals surface area contributed by atoms with Crippen LogP contribution in [0.1, 0.15) is 46.6 Å². The minimum absolute atomic E-state index is 0.000857. The van der Waals surface area contributed by atoms with Crippen LogP contribution in [0.15, 0.2) is 134 Å². The van der Waals surface area contributed by atoms with Crippen molar-refractivity contribution in [3.8, 4) is 11.1 Å². The van der Waals surface area contributed by atoms with Crippen molar-refractivity contribution in [1.82, 2.24) is 20.2 Å². The van der Waals surface area contributed by atoms with E-state index in [1.54, 1.807) is 0 Å². The lowest BCUT2D eigenvalue weighted by Crippen LogP contribution is -2.34. The number of imidazole rings is 1. The van der Waals surface area contributed by atoms with E-state index in [0.29, 0.717) is 26.1 Å². The first-order chi connectivity index (χ1) is 23.6. The Morgan fingerprint density at radius 1 is 0.750 bits per heavy atom. The van der Waals surface area contributed by atoms with Gasteiger partial charge < -0.3 is 29.8 Å². The van der Waals surface area contributed by atoms with Crippen molar-refractivity contribution < 1.29 is 19.4 Å². The van der Waals surface area contributed by atoms with Gasteiger partial charge in [-0.05, 0) is 45.5 Å². The standard InChI is InChI=1S/C40H38N4O4/c45-26-29-14-16-31(17-15-29)38-22-34(25-44-27-43-36-12-6-7-13-37(36)44)47-39(48-38)32-20-18-30(19-21-32)35-11-5-4-10-33(35)24-42-40(46)41-23-28-8-2-1-3-9-28/h1-21,27,34,38-39,45H,22-26H2,(H2,41,42,46)/t34-,38+,39+/m1/s1. The van der Waals surface area contributed by atoms with Gasteiger partial charge in [-0.15, -0.1) is 0 Å². The van der Waals surface area contributed by atoms with E-state index in [0.717, 1.165) is 50.0 Å². The fraction of sp³-hybridized carbons (Fsp3) is 0.200. The van der Waals surface area contributed by atoms with Crippen molar-refractivity contribution in [2.75, 3.05) is 0 Å². The monoisotopic (exact) mass is 638 g/mol. The Labute approximate surface area is 280 Å². The highest BCUT2D eigenvalue weighted by molar-refractivity contribution is 5.75. The van der Waals surface area contributed by atoms with Gasteiger partial charge in [0.05, 0.1) is 42.7 Å². The third-order valence-electron chi connectivity index (χ3n) is 8.79. The molecule has 1 aliphatic rings. The van der Waals surface area contributed by atoms with Crippen LogP contribution in [0.2, 0.25) is 0 Å². The largest absolute Gasteiger partial charge is 0.392 e. The fourth-order valence-corrected chi connectivity index (χ4v) is 6.20. The molecule has 0 bridgehead atoms. The van der Waals surface area contributed by atoms with Crippen molar-refractivity contribution in [3.05, 3.63) is 162 Å². The van der Waals surface area contributed by atoms with Crippen molar-refractivity contribution in [2.45, 2.75) is 51.2 Å². The molecular formula is C40H38N4O4. The summed E-state index contributed by atoms with van der Waals surface area (Å²) in [5, 5.41) is 15.5. The summed E-state index contributed by atoms with van der Waals surface area (Å²) in [5.41, 5.74) is 9.01. The number of para-hydroxylation sites is 2. The number of aliphatic hydroxyl groups excluding tert-OH is 1. The third-order valence-corrected chi connectivity index (χ3v) is 8.79. The van der Waals surface area contributed by atoms with E-state index in [1.165, 1.54) is 0 Å². The maximum absolute atomic E-state index is 12.5. The van der Waals surface area contributed by atoms with Gasteiger partial charge in [0.2, 0.25) is 0 Å². The molecule has 5 aromatic carbocycles. The molecule has 2 amide bonds. The average Bonchev–Trinajstić information content (AvgIpc) is 3.56. The summed E-state index contributed by atoms with van der Waals surface area (Å²) in [5.74, 6) is 0. The number of hydrogen-bond acceptors (Lipinski definition) is 5. The lowest BCUT2D eigenvalue weighted by molar-refractivity contribution is -0.252. The smallest absolute Gasteiger partial charge is 0.315 e. The number of aromatic nitrogens is 2. The van der Waals surface area contributed by atoms with Crippen LogP contribution in [0.25, 0.3) is 22.2 Å². The quantitative estimate of drug-likeness (QED) is 0.145. The molecule has 0 radical (unpaired) electrons. The van der Waals surface area contributed by atoms with E-state index in [2.05, 4.69) is 56.6 Å². The highest BCUT2D eigenvalue weighted by atomic mass is 16.7. The van der Waals surface area contributed by atoms with Crippen molar-refractivity contribution in [3.63, 3.8) is 0 Å². The van der Waals surface area contributed by atoms with Crippen molar-refractivity contribution in [1.29, 1.82) is 0 Å². The summed E-state index contributed by atoms with van der Waals surface area (Å²) in [4.78, 5) is 17.1. The first kappa shape index (κ1) is 31.3. The van der Waals surface area contributed by atoms with Crippen LogP contribution in [-0.4, -0.2) is 26.8 Å². The van der Waals surface area contributed by atoms with E-state index in [-0.39, 0.29) is 24.8 Å². The molecule has 8 nitrogen and oxygen atoms in total. The SMILES string of the molecule is O=C(NCc1ccccc1)NCc1ccccc1-c1ccc([C@H]2O[C@@H](Cn3cnc4ccccc43)C[C@@H](c3ccc(CO)cc3)O2)cc1. The minimum Gasteiger partial charge on any atom is -0.392 e. The Morgan fingerprint density at radius 2 is 1.46 bits per heavy atom. The number of aliphatic hydroxyl groups is 1. The highest BCUT2D eigenvalue weighted by Crippen LogP contribution is 2.39. The van der Waals surface area contributed by atoms with Gasteiger partial charge in [0.25, 0.3) is 0 Å². The van der Waals surface area contributed by atoms with E-state index in [9.17, 15) is 9.90 Å². The van der Waals surface area contributed by atoms with Crippen LogP contribution in [0, 0.1) is 0 Å². The van der Waals surface area contributed by atoms with Crippen LogP contribution in [0.5, 0.6) is 0 Å². The predicted molar refractivity (Wildman–Crippen MR) is 186 cm³/mol. The molecule has 3 N–H and O–H groups in total. The second-order valence-corrected chi connectivity index (χ2v) is 12.0. The van der Waals surface area contributed by atoms with E-state index >= 15 is 0 Å². The zero-order valence-electron chi connectivity index (χ0n) is 26.5. The number of hydrogen-bond donors (Lipinski definition) is 3. The van der Waals surface area contributed by atoms with Gasteiger partial charge >= 0.3 is 6.03 Å². The van der Waals surface area contributed by atoms with Gasteiger partial charge in [0.1, 0.15) is 0 Å². The van der Waals surface area contributed by atoms with E-state index in [4.69, 9.17) is 9.47 Å². The predicted octanol–water partition coefficient (Wildman–Crippen LogP) is 7.44. The molecule has 3 atom stereocenters. The Morgan fingerprint density at radius 3 is 2.27 bits per heavy atom. The summed E-state index contributed by atoms with van der Waals surface area (Å²) >= 11 is 0. The number of carbonyl (C=O) groups excluding carboxylic acids is 1. The lowest BCUT2D eigenvalue weighted by Gasteiger charge is -2.36. The molecule has 242 valence electrons. The van der Waals surface area contributed by atoms with E-state index < -0.39 is 6.29 Å². The van der Waals surface area contributed by atoms with Crippen LogP contribution in [0.3, 0.4) is 0 Å². The van der Waals surface area contributed by atoms with Gasteiger partial charge in [0, 0.05) is 25.1 Å². The minimum atomic E-state index is -0.569. The molecule has 0 spiro atoms. The number of ether oxygens (including phenoxy) is 2. The topological polar surface area (TPSA) is 97.6 Å². The Bertz CT molecular complexity index is 1960. The summed E-state index contributed by atoms with van der Waals surface area (Å²) < 4.78 is 15.4. The molecule has 1 aliphatic heterocycles. The molecule has 1 saturated heterocycles. The Hall–Kier alpha value is -5.28. The summed E-state index contributed by atoms with van der Waals surface area (Å²) in [6, 6.07) is 42.0. The molecule has 8 heteroatoms. The normalized spacial score (nSPS) is 17.6. The fourth-order valence-electron chi connectivity index (χ4n) is 6.20. The van der Waals surface area contributed by atoms with Crippen LogP contribution < -0.4 is 10.6 Å². The maximum atomic E-state index is 12.5. The van der Waals surface area contributed by atoms with Crippen LogP contribution in [-0.2, 0) is 35.7 Å². The number of amides is 2. The molecule has 1 fully saturated rings. The number of fused-ring (bicyclic) bond motifs is 1. The molecule has 1 aromatic heterocycles. The van der Waals surface area contributed by atoms with Crippen LogP contribution >= 0.6 is 0 Å². The van der Waals surface area contributed by atoms with Crippen molar-refractivity contribution >= 4 is 17.1 Å². The highest BCUT2D eigenvalue weighted by Gasteiger charge is 2.32. The van der Waals surface area contributed by atoms with Gasteiger partial charge in [-0.3, -0.25) is 0 Å². The first-order valence-electron chi connectivity index (χ1n) is 16.3. The van der Waals surface area contributed by atoms with Crippen molar-refractivity contribution in [2.24, 2.45) is 0 Å². The molecule has 0 saturated carbocycles. The summed E-state index contributed by atoms with van der Waals surface area (Å²) in [6.07, 6.45) is 1.68. The average molecular weight is 639 g/mol. The number of urea groups is 1. The maximum Gasteiger partial charge on any atom is 0.315 e. The third kappa shape index (κ3) is 7.31. The lowest BCUT2D eigenvalue weighted by atomic mass is 9.97. The molecule has 48 heavy (non-hydrogen) atoms. The molecule has 0 unspecified atom stereocenters. The van der Waals surface area contributed by atoms with Gasteiger partial charge in [-0.1, -0.05) is 115 Å². The molecular weight excluding hydrogens is 600 g/mol. The van der Waals surface area contributed by atoms with Gasteiger partial charge in [-0.25, -0.2) is 9.78 Å². The number of carbonyl (C=O) groups is 1. The number of nitrogens with zero attached hydrogens (tertiary/aromatic N) is 2. The number of benzene rings is 5. The first-order valence-corrected chi connectivity index (χ1v) is 16.3. The molecule has 0 aliphatic carbocycles.